The molecule has 1 atom stereocenters. The van der Waals surface area contributed by atoms with Gasteiger partial charge in [-0.3, -0.25) is 4.79 Å². The fraction of sp³-hybridized carbons (Fsp3) is 0.647. The molecule has 1 aromatic heterocycles. The molecule has 0 N–H and O–H groups in total. The lowest BCUT2D eigenvalue weighted by Gasteiger charge is -2.38. The molecule has 2 fully saturated rings. The van der Waals surface area contributed by atoms with E-state index in [2.05, 4.69) is 22.0 Å². The maximum atomic E-state index is 12.3. The lowest BCUT2D eigenvalue weighted by Crippen LogP contribution is -2.49. The Balaban J connectivity index is 1.63. The Morgan fingerprint density at radius 1 is 1.38 bits per heavy atom. The monoisotopic (exact) mass is 287 g/mol. The highest BCUT2D eigenvalue weighted by Gasteiger charge is 2.30. The Bertz CT molecular complexity index is 513. The van der Waals surface area contributed by atoms with Crippen molar-refractivity contribution in [2.75, 3.05) is 25.0 Å². The fourth-order valence-electron chi connectivity index (χ4n) is 3.10. The third-order valence-corrected chi connectivity index (χ3v) is 4.70. The maximum absolute atomic E-state index is 12.3. The number of amides is 1. The van der Waals surface area contributed by atoms with Crippen molar-refractivity contribution in [2.24, 2.45) is 5.92 Å². The van der Waals surface area contributed by atoms with Gasteiger partial charge in [0.15, 0.2) is 0 Å². The van der Waals surface area contributed by atoms with E-state index in [0.717, 1.165) is 43.9 Å². The molecule has 0 aromatic carbocycles. The molecule has 1 unspecified atom stereocenters. The van der Waals surface area contributed by atoms with Gasteiger partial charge in [-0.15, -0.1) is 0 Å². The summed E-state index contributed by atoms with van der Waals surface area (Å²) < 4.78 is 0. The largest absolute Gasteiger partial charge is 0.355 e. The number of carbonyl (C=O) groups excluding carboxylic acids is 1. The van der Waals surface area contributed by atoms with Crippen LogP contribution in [0.4, 0.5) is 5.82 Å². The van der Waals surface area contributed by atoms with Crippen molar-refractivity contribution in [2.45, 2.75) is 45.1 Å². The van der Waals surface area contributed by atoms with E-state index in [1.54, 1.807) is 0 Å². The highest BCUT2D eigenvalue weighted by Crippen LogP contribution is 2.33. The molecule has 0 spiro atoms. The predicted octanol–water partition coefficient (Wildman–Crippen LogP) is 2.62. The van der Waals surface area contributed by atoms with Gasteiger partial charge in [0.05, 0.1) is 0 Å². The fourth-order valence-corrected chi connectivity index (χ4v) is 3.10. The number of nitrogens with zero attached hydrogens (tertiary/aromatic N) is 3. The predicted molar refractivity (Wildman–Crippen MR) is 84.3 cm³/mol. The molecule has 0 radical (unpaired) electrons. The van der Waals surface area contributed by atoms with Gasteiger partial charge in [0.2, 0.25) is 5.91 Å². The highest BCUT2D eigenvalue weighted by atomic mass is 16.2. The van der Waals surface area contributed by atoms with E-state index in [0.29, 0.717) is 17.9 Å². The number of hydrogen-bond donors (Lipinski definition) is 0. The minimum absolute atomic E-state index is 0.321. The summed E-state index contributed by atoms with van der Waals surface area (Å²) in [4.78, 5) is 21.2. The number of anilines is 1. The quantitative estimate of drug-likeness (QED) is 0.854. The first-order chi connectivity index (χ1) is 10.1. The van der Waals surface area contributed by atoms with Gasteiger partial charge in [-0.2, -0.15) is 0 Å². The van der Waals surface area contributed by atoms with E-state index in [-0.39, 0.29) is 0 Å². The molecule has 1 aliphatic heterocycles. The maximum Gasteiger partial charge on any atom is 0.222 e. The van der Waals surface area contributed by atoms with Crippen LogP contribution in [0.1, 0.15) is 37.8 Å². The molecule has 2 aliphatic rings. The van der Waals surface area contributed by atoms with Crippen molar-refractivity contribution in [3.05, 3.63) is 23.9 Å². The Kier molecular flexibility index (Phi) is 4.13. The van der Waals surface area contributed by atoms with Crippen LogP contribution >= 0.6 is 0 Å². The zero-order valence-electron chi connectivity index (χ0n) is 13.1. The van der Waals surface area contributed by atoms with Crippen LogP contribution in [-0.4, -0.2) is 42.0 Å². The molecule has 114 valence electrons. The molecular formula is C17H25N3O. The Morgan fingerprint density at radius 2 is 2.19 bits per heavy atom. The average Bonchev–Trinajstić information content (AvgIpc) is 3.30. The van der Waals surface area contributed by atoms with E-state index >= 15 is 0 Å². The summed E-state index contributed by atoms with van der Waals surface area (Å²) in [6.45, 7) is 3.97. The van der Waals surface area contributed by atoms with Crippen molar-refractivity contribution in [3.63, 3.8) is 0 Å². The average molecular weight is 287 g/mol. The summed E-state index contributed by atoms with van der Waals surface area (Å²) in [5, 5.41) is 0. The molecule has 3 rings (SSSR count). The van der Waals surface area contributed by atoms with Crippen LogP contribution < -0.4 is 4.90 Å². The molecule has 1 aromatic rings. The van der Waals surface area contributed by atoms with Gasteiger partial charge >= 0.3 is 0 Å². The first-order valence-electron chi connectivity index (χ1n) is 8.08. The molecule has 4 nitrogen and oxygen atoms in total. The van der Waals surface area contributed by atoms with Crippen LogP contribution in [0.3, 0.4) is 0 Å². The summed E-state index contributed by atoms with van der Waals surface area (Å²) in [6, 6.07) is 6.48. The van der Waals surface area contributed by atoms with E-state index in [1.807, 2.05) is 24.9 Å². The summed E-state index contributed by atoms with van der Waals surface area (Å²) in [7, 11) is 1.97. The van der Waals surface area contributed by atoms with Crippen molar-refractivity contribution in [1.82, 2.24) is 9.88 Å². The molecule has 21 heavy (non-hydrogen) atoms. The van der Waals surface area contributed by atoms with E-state index in [9.17, 15) is 4.79 Å². The zero-order valence-corrected chi connectivity index (χ0v) is 13.1. The van der Waals surface area contributed by atoms with Gasteiger partial charge in [0.25, 0.3) is 0 Å². The third-order valence-electron chi connectivity index (χ3n) is 4.70. The lowest BCUT2D eigenvalue weighted by atomic mass is 10.0. The molecular weight excluding hydrogens is 262 g/mol. The first-order valence-corrected chi connectivity index (χ1v) is 8.08. The van der Waals surface area contributed by atoms with Crippen LogP contribution in [-0.2, 0) is 4.79 Å². The number of carbonyl (C=O) groups is 1. The standard InChI is InChI=1S/C17H25N3O/c1-13-5-3-7-16(18-13)20-10-4-6-15(12-20)19(2)17(21)11-14-8-9-14/h3,5,7,14-15H,4,6,8-12H2,1-2H3. The van der Waals surface area contributed by atoms with E-state index < -0.39 is 0 Å². The molecule has 1 amide bonds. The lowest BCUT2D eigenvalue weighted by molar-refractivity contribution is -0.132. The molecule has 0 bridgehead atoms. The number of rotatable bonds is 4. The topological polar surface area (TPSA) is 36.4 Å². The summed E-state index contributed by atoms with van der Waals surface area (Å²) >= 11 is 0. The van der Waals surface area contributed by atoms with Crippen LogP contribution in [0.5, 0.6) is 0 Å². The van der Waals surface area contributed by atoms with Crippen molar-refractivity contribution in [1.29, 1.82) is 0 Å². The van der Waals surface area contributed by atoms with Crippen LogP contribution in [0.25, 0.3) is 0 Å². The molecule has 1 aliphatic carbocycles. The first kappa shape index (κ1) is 14.4. The summed E-state index contributed by atoms with van der Waals surface area (Å²) in [5.41, 5.74) is 1.05. The van der Waals surface area contributed by atoms with Crippen molar-refractivity contribution >= 4 is 11.7 Å². The molecule has 4 heteroatoms. The number of piperidine rings is 1. The number of hydrogen-bond acceptors (Lipinski definition) is 3. The summed E-state index contributed by atoms with van der Waals surface area (Å²) in [6.07, 6.45) is 5.46. The molecule has 1 saturated carbocycles. The Morgan fingerprint density at radius 3 is 2.90 bits per heavy atom. The summed E-state index contributed by atoms with van der Waals surface area (Å²) in [5.74, 6) is 2.03. The number of aryl methyl sites for hydroxylation is 1. The van der Waals surface area contributed by atoms with Crippen molar-refractivity contribution < 1.29 is 4.79 Å². The second-order valence-electron chi connectivity index (χ2n) is 6.53. The molecule has 2 heterocycles. The highest BCUT2D eigenvalue weighted by molar-refractivity contribution is 5.77. The minimum Gasteiger partial charge on any atom is -0.355 e. The van der Waals surface area contributed by atoms with Gasteiger partial charge in [-0.1, -0.05) is 6.07 Å². The smallest absolute Gasteiger partial charge is 0.222 e. The second-order valence-corrected chi connectivity index (χ2v) is 6.53. The van der Waals surface area contributed by atoms with Crippen LogP contribution in [0.15, 0.2) is 18.2 Å². The second kappa shape index (κ2) is 6.04. The van der Waals surface area contributed by atoms with Crippen molar-refractivity contribution in [3.8, 4) is 0 Å². The van der Waals surface area contributed by atoms with Crippen LogP contribution in [0, 0.1) is 12.8 Å². The molecule has 1 saturated heterocycles. The normalized spacial score (nSPS) is 22.2. The van der Waals surface area contributed by atoms with Gasteiger partial charge in [0, 0.05) is 38.3 Å². The number of aromatic nitrogens is 1. The van der Waals surface area contributed by atoms with Gasteiger partial charge < -0.3 is 9.80 Å². The van der Waals surface area contributed by atoms with Crippen LogP contribution in [0.2, 0.25) is 0 Å². The third kappa shape index (κ3) is 3.55. The van der Waals surface area contributed by atoms with Gasteiger partial charge in [0.1, 0.15) is 5.82 Å². The van der Waals surface area contributed by atoms with E-state index in [4.69, 9.17) is 0 Å². The zero-order chi connectivity index (χ0) is 14.8. The van der Waals surface area contributed by atoms with Gasteiger partial charge in [-0.25, -0.2) is 4.98 Å². The Labute approximate surface area is 127 Å². The minimum atomic E-state index is 0.321. The SMILES string of the molecule is Cc1cccc(N2CCCC(N(C)C(=O)CC3CC3)C2)n1. The Hall–Kier alpha value is -1.58. The number of likely N-dealkylation sites (N-methyl/N-ethyl adjacent to an activating group) is 1. The number of pyridine rings is 1. The van der Waals surface area contributed by atoms with Gasteiger partial charge in [-0.05, 0) is 50.7 Å². The van der Waals surface area contributed by atoms with E-state index in [1.165, 1.54) is 12.8 Å².